The molecule has 2 aromatic heterocycles. The Morgan fingerprint density at radius 3 is 2.64 bits per heavy atom. The molecule has 2 aliphatic rings. The summed E-state index contributed by atoms with van der Waals surface area (Å²) in [6, 6.07) is 20.0. The highest BCUT2D eigenvalue weighted by molar-refractivity contribution is 7.13. The van der Waals surface area contributed by atoms with Crippen molar-refractivity contribution >= 4 is 28.1 Å². The second-order valence-corrected chi connectivity index (χ2v) is 9.25. The van der Waals surface area contributed by atoms with Gasteiger partial charge < -0.3 is 14.4 Å². The standard InChI is InChI=1S/C26H23N3O3S/c30-26(20-15-22(25-6-3-13-33-25)27-21-5-2-1-4-19(20)21)29-11-9-28(10-12-29)16-18-7-8-23-24(14-18)32-17-31-23/h1-8,13-15H,9-12,16-17H2. The Balaban J connectivity index is 1.19. The zero-order valence-corrected chi connectivity index (χ0v) is 18.9. The summed E-state index contributed by atoms with van der Waals surface area (Å²) < 4.78 is 10.9. The van der Waals surface area contributed by atoms with Gasteiger partial charge in [0.15, 0.2) is 11.5 Å². The number of nitrogens with zero attached hydrogens (tertiary/aromatic N) is 3. The van der Waals surface area contributed by atoms with E-state index in [4.69, 9.17) is 14.5 Å². The van der Waals surface area contributed by atoms with E-state index in [0.717, 1.165) is 58.2 Å². The molecule has 0 radical (unpaired) electrons. The zero-order chi connectivity index (χ0) is 22.2. The lowest BCUT2D eigenvalue weighted by Gasteiger charge is -2.35. The van der Waals surface area contributed by atoms with Gasteiger partial charge in [0.1, 0.15) is 0 Å². The van der Waals surface area contributed by atoms with Gasteiger partial charge in [-0.15, -0.1) is 11.3 Å². The minimum absolute atomic E-state index is 0.0779. The first-order valence-electron chi connectivity index (χ1n) is 11.1. The van der Waals surface area contributed by atoms with E-state index in [0.29, 0.717) is 13.1 Å². The molecule has 0 unspecified atom stereocenters. The number of fused-ring (bicyclic) bond motifs is 2. The molecule has 2 aromatic carbocycles. The van der Waals surface area contributed by atoms with Crippen molar-refractivity contribution in [3.63, 3.8) is 0 Å². The van der Waals surface area contributed by atoms with E-state index in [1.54, 1.807) is 11.3 Å². The summed E-state index contributed by atoms with van der Waals surface area (Å²) >= 11 is 1.64. The number of rotatable bonds is 4. The van der Waals surface area contributed by atoms with E-state index in [2.05, 4.69) is 17.0 Å². The van der Waals surface area contributed by atoms with Crippen LogP contribution in [0.1, 0.15) is 15.9 Å². The summed E-state index contributed by atoms with van der Waals surface area (Å²) in [6.45, 7) is 4.20. The second-order valence-electron chi connectivity index (χ2n) is 8.31. The predicted octanol–water partition coefficient (Wildman–Crippen LogP) is 4.65. The molecule has 4 aromatic rings. The predicted molar refractivity (Wildman–Crippen MR) is 129 cm³/mol. The number of piperazine rings is 1. The maximum absolute atomic E-state index is 13.6. The number of hydrogen-bond donors (Lipinski definition) is 0. The lowest BCUT2D eigenvalue weighted by Crippen LogP contribution is -2.48. The molecule has 7 heteroatoms. The van der Waals surface area contributed by atoms with Crippen LogP contribution in [-0.4, -0.2) is 53.7 Å². The van der Waals surface area contributed by atoms with Crippen LogP contribution in [0, 0.1) is 0 Å². The third kappa shape index (κ3) is 3.94. The van der Waals surface area contributed by atoms with Crippen molar-refractivity contribution in [3.8, 4) is 22.1 Å². The van der Waals surface area contributed by atoms with Gasteiger partial charge in [0.05, 0.1) is 21.7 Å². The molecule has 1 amide bonds. The van der Waals surface area contributed by atoms with Crippen LogP contribution in [-0.2, 0) is 6.54 Å². The SMILES string of the molecule is O=C(c1cc(-c2cccs2)nc2ccccc12)N1CCN(Cc2ccc3c(c2)OCO3)CC1. The third-order valence-electron chi connectivity index (χ3n) is 6.22. The molecule has 6 rings (SSSR count). The highest BCUT2D eigenvalue weighted by Gasteiger charge is 2.25. The molecule has 6 nitrogen and oxygen atoms in total. The van der Waals surface area contributed by atoms with E-state index in [1.165, 1.54) is 5.56 Å². The van der Waals surface area contributed by atoms with Crippen LogP contribution in [0.3, 0.4) is 0 Å². The topological polar surface area (TPSA) is 54.9 Å². The number of pyridine rings is 1. The van der Waals surface area contributed by atoms with Crippen molar-refractivity contribution in [3.05, 3.63) is 77.2 Å². The normalized spacial score (nSPS) is 15.8. The van der Waals surface area contributed by atoms with Gasteiger partial charge in [-0.2, -0.15) is 0 Å². The van der Waals surface area contributed by atoms with E-state index in [-0.39, 0.29) is 12.7 Å². The molecule has 4 heterocycles. The first-order valence-corrected chi connectivity index (χ1v) is 12.0. The molecule has 0 N–H and O–H groups in total. The number of carbonyl (C=O) groups excluding carboxylic acids is 1. The summed E-state index contributed by atoms with van der Waals surface area (Å²) in [6.07, 6.45) is 0. The van der Waals surface area contributed by atoms with E-state index in [9.17, 15) is 4.79 Å². The van der Waals surface area contributed by atoms with Gasteiger partial charge in [-0.05, 0) is 41.3 Å². The van der Waals surface area contributed by atoms with Crippen molar-refractivity contribution < 1.29 is 14.3 Å². The molecule has 166 valence electrons. The van der Waals surface area contributed by atoms with Crippen molar-refractivity contribution in [2.24, 2.45) is 0 Å². The molecular formula is C26H23N3O3S. The fourth-order valence-electron chi connectivity index (χ4n) is 4.48. The smallest absolute Gasteiger partial charge is 0.254 e. The van der Waals surface area contributed by atoms with Gasteiger partial charge in [0.25, 0.3) is 5.91 Å². The largest absolute Gasteiger partial charge is 0.454 e. The van der Waals surface area contributed by atoms with Gasteiger partial charge >= 0.3 is 0 Å². The maximum Gasteiger partial charge on any atom is 0.254 e. The Kier molecular flexibility index (Phi) is 5.20. The number of ether oxygens (including phenoxy) is 2. The van der Waals surface area contributed by atoms with Crippen LogP contribution in [0.25, 0.3) is 21.5 Å². The molecular weight excluding hydrogens is 434 g/mol. The fourth-order valence-corrected chi connectivity index (χ4v) is 5.17. The first-order chi connectivity index (χ1) is 16.2. The van der Waals surface area contributed by atoms with Crippen LogP contribution < -0.4 is 9.47 Å². The van der Waals surface area contributed by atoms with Crippen LogP contribution in [0.4, 0.5) is 0 Å². The van der Waals surface area contributed by atoms with Crippen LogP contribution in [0.2, 0.25) is 0 Å². The van der Waals surface area contributed by atoms with Crippen molar-refractivity contribution in [1.82, 2.24) is 14.8 Å². The average molecular weight is 458 g/mol. The molecule has 2 aliphatic heterocycles. The quantitative estimate of drug-likeness (QED) is 0.447. The Morgan fingerprint density at radius 2 is 1.79 bits per heavy atom. The number of para-hydroxylation sites is 1. The molecule has 0 spiro atoms. The Hall–Kier alpha value is -3.42. The van der Waals surface area contributed by atoms with Crippen LogP contribution in [0.5, 0.6) is 11.5 Å². The highest BCUT2D eigenvalue weighted by Crippen LogP contribution is 2.33. The first kappa shape index (κ1) is 20.2. The minimum atomic E-state index is 0.0779. The Bertz CT molecular complexity index is 1310. The lowest BCUT2D eigenvalue weighted by atomic mass is 10.1. The molecule has 0 aliphatic carbocycles. The number of amides is 1. The molecule has 0 atom stereocenters. The number of benzene rings is 2. The molecule has 1 saturated heterocycles. The number of thiophene rings is 1. The lowest BCUT2D eigenvalue weighted by molar-refractivity contribution is 0.0630. The number of carbonyl (C=O) groups is 1. The van der Waals surface area contributed by atoms with Crippen molar-refractivity contribution in [2.45, 2.75) is 6.54 Å². The number of aromatic nitrogens is 1. The summed E-state index contributed by atoms with van der Waals surface area (Å²) in [4.78, 5) is 23.8. The molecule has 33 heavy (non-hydrogen) atoms. The molecule has 0 bridgehead atoms. The van der Waals surface area contributed by atoms with Gasteiger partial charge in [-0.1, -0.05) is 30.3 Å². The summed E-state index contributed by atoms with van der Waals surface area (Å²) in [5.74, 6) is 1.70. The second kappa shape index (κ2) is 8.50. The highest BCUT2D eigenvalue weighted by atomic mass is 32.1. The van der Waals surface area contributed by atoms with Crippen LogP contribution >= 0.6 is 11.3 Å². The minimum Gasteiger partial charge on any atom is -0.454 e. The van der Waals surface area contributed by atoms with Gasteiger partial charge in [0.2, 0.25) is 6.79 Å². The van der Waals surface area contributed by atoms with Gasteiger partial charge in [0, 0.05) is 38.1 Å². The van der Waals surface area contributed by atoms with E-state index >= 15 is 0 Å². The third-order valence-corrected chi connectivity index (χ3v) is 7.12. The Morgan fingerprint density at radius 1 is 0.939 bits per heavy atom. The number of hydrogen-bond acceptors (Lipinski definition) is 6. The van der Waals surface area contributed by atoms with E-state index in [1.807, 2.05) is 58.8 Å². The monoisotopic (exact) mass is 457 g/mol. The molecule has 1 fully saturated rings. The molecule has 0 saturated carbocycles. The summed E-state index contributed by atoms with van der Waals surface area (Å²) in [5.41, 5.74) is 3.63. The van der Waals surface area contributed by atoms with Gasteiger partial charge in [-0.25, -0.2) is 4.98 Å². The van der Waals surface area contributed by atoms with Gasteiger partial charge in [-0.3, -0.25) is 9.69 Å². The fraction of sp³-hybridized carbons (Fsp3) is 0.231. The van der Waals surface area contributed by atoms with Crippen molar-refractivity contribution in [1.29, 1.82) is 0 Å². The Labute approximate surface area is 196 Å². The van der Waals surface area contributed by atoms with Crippen molar-refractivity contribution in [2.75, 3.05) is 33.0 Å². The summed E-state index contributed by atoms with van der Waals surface area (Å²) in [7, 11) is 0. The van der Waals surface area contributed by atoms with Crippen LogP contribution in [0.15, 0.2) is 66.0 Å². The summed E-state index contributed by atoms with van der Waals surface area (Å²) in [5, 5.41) is 2.94. The maximum atomic E-state index is 13.6. The van der Waals surface area contributed by atoms with E-state index < -0.39 is 0 Å². The zero-order valence-electron chi connectivity index (χ0n) is 18.1. The average Bonchev–Trinajstić information content (AvgIpc) is 3.55.